The molecule has 0 unspecified atom stereocenters. The molecule has 8 nitrogen and oxygen atoms in total. The van der Waals surface area contributed by atoms with Crippen LogP contribution in [-0.4, -0.2) is 48.0 Å². The van der Waals surface area contributed by atoms with Gasteiger partial charge in [-0.25, -0.2) is 4.98 Å². The number of ether oxygens (including phenoxy) is 1. The summed E-state index contributed by atoms with van der Waals surface area (Å²) in [4.78, 5) is 19.4. The summed E-state index contributed by atoms with van der Waals surface area (Å²) in [5, 5.41) is 15.8. The number of likely N-dealkylation sites (tertiary alicyclic amines) is 1. The minimum atomic E-state index is -0.929. The first-order valence-corrected chi connectivity index (χ1v) is 12.0. The van der Waals surface area contributed by atoms with Crippen LogP contribution in [0.1, 0.15) is 29.5 Å². The number of rotatable bonds is 6. The molecule has 0 radical (unpaired) electrons. The Hall–Kier alpha value is -3.49. The van der Waals surface area contributed by atoms with Crippen LogP contribution in [0.5, 0.6) is 11.5 Å². The summed E-state index contributed by atoms with van der Waals surface area (Å²) in [7, 11) is 1.76. The molecule has 1 aliphatic heterocycles. The highest BCUT2D eigenvalue weighted by Gasteiger charge is 2.33. The lowest BCUT2D eigenvalue weighted by Crippen LogP contribution is -2.47. The summed E-state index contributed by atoms with van der Waals surface area (Å²) in [6.45, 7) is 6.74. The fraction of sp³-hybridized carbons (Fsp3) is 0.370. The average molecular weight is 474 g/mol. The van der Waals surface area contributed by atoms with Crippen molar-refractivity contribution >= 4 is 11.0 Å². The van der Waals surface area contributed by atoms with E-state index in [9.17, 15) is 9.90 Å². The number of aryl methyl sites for hydroxylation is 3. The molecule has 0 aliphatic carbocycles. The third-order valence-corrected chi connectivity index (χ3v) is 7.01. The van der Waals surface area contributed by atoms with Crippen molar-refractivity contribution < 1.29 is 9.84 Å². The number of fused-ring (bicyclic) bond motifs is 1. The molecule has 2 aromatic carbocycles. The van der Waals surface area contributed by atoms with E-state index in [4.69, 9.17) is 4.74 Å². The third kappa shape index (κ3) is 4.99. The Kier molecular flexibility index (Phi) is 6.17. The minimum absolute atomic E-state index is 0.165. The normalized spacial score (nSPS) is 16.0. The van der Waals surface area contributed by atoms with Crippen LogP contribution < -0.4 is 10.3 Å². The summed E-state index contributed by atoms with van der Waals surface area (Å²) >= 11 is 0. The second-order valence-corrected chi connectivity index (χ2v) is 9.68. The standard InChI is InChI=1S/C27H31N5O3/c1-19-4-7-23(14-20(19)2)35-22-8-5-21(6-9-22)16-31-12-10-27(34,11-13-31)17-32-18-28-25-24(26(32)33)15-29-30(25)3/h4-9,14-15,18,34H,10-13,16-17H2,1-3H3. The van der Waals surface area contributed by atoms with Gasteiger partial charge in [-0.15, -0.1) is 0 Å². The van der Waals surface area contributed by atoms with Crippen LogP contribution in [0.2, 0.25) is 0 Å². The van der Waals surface area contributed by atoms with Crippen LogP contribution in [-0.2, 0) is 20.1 Å². The number of aromatic nitrogens is 4. The zero-order valence-electron chi connectivity index (χ0n) is 20.4. The molecule has 1 saturated heterocycles. The average Bonchev–Trinajstić information content (AvgIpc) is 3.22. The molecular weight excluding hydrogens is 442 g/mol. The molecule has 1 N–H and O–H groups in total. The Morgan fingerprint density at radius 2 is 1.74 bits per heavy atom. The highest BCUT2D eigenvalue weighted by Crippen LogP contribution is 2.27. The summed E-state index contributed by atoms with van der Waals surface area (Å²) in [5.41, 5.74) is 3.12. The van der Waals surface area contributed by atoms with Gasteiger partial charge in [0.05, 0.1) is 18.3 Å². The fourth-order valence-corrected chi connectivity index (χ4v) is 4.62. The van der Waals surface area contributed by atoms with Gasteiger partial charge in [-0.05, 0) is 67.6 Å². The van der Waals surface area contributed by atoms with E-state index in [2.05, 4.69) is 53.1 Å². The highest BCUT2D eigenvalue weighted by molar-refractivity contribution is 5.72. The van der Waals surface area contributed by atoms with Gasteiger partial charge in [0.2, 0.25) is 0 Å². The van der Waals surface area contributed by atoms with Crippen LogP contribution >= 0.6 is 0 Å². The number of piperidine rings is 1. The Labute approximate surface area is 204 Å². The molecule has 0 atom stereocenters. The number of nitrogens with zero attached hydrogens (tertiary/aromatic N) is 5. The van der Waals surface area contributed by atoms with Gasteiger partial charge in [0.15, 0.2) is 5.65 Å². The molecule has 0 saturated carbocycles. The number of hydrogen-bond donors (Lipinski definition) is 1. The fourth-order valence-electron chi connectivity index (χ4n) is 4.62. The van der Waals surface area contributed by atoms with Crippen molar-refractivity contribution in [2.24, 2.45) is 7.05 Å². The van der Waals surface area contributed by atoms with Gasteiger partial charge in [0, 0.05) is 26.7 Å². The predicted octanol–water partition coefficient (Wildman–Crippen LogP) is 3.57. The number of hydrogen-bond acceptors (Lipinski definition) is 6. The first kappa shape index (κ1) is 23.3. The van der Waals surface area contributed by atoms with Crippen LogP contribution in [0, 0.1) is 13.8 Å². The largest absolute Gasteiger partial charge is 0.457 e. The van der Waals surface area contributed by atoms with Crippen molar-refractivity contribution in [3.05, 3.63) is 82.0 Å². The van der Waals surface area contributed by atoms with Gasteiger partial charge in [0.1, 0.15) is 23.2 Å². The SMILES string of the molecule is Cc1ccc(Oc2ccc(CN3CCC(O)(Cn4cnc5c(cnn5C)c4=O)CC3)cc2)cc1C. The second-order valence-electron chi connectivity index (χ2n) is 9.68. The Morgan fingerprint density at radius 3 is 2.46 bits per heavy atom. The van der Waals surface area contributed by atoms with Crippen LogP contribution in [0.3, 0.4) is 0 Å². The first-order valence-electron chi connectivity index (χ1n) is 12.0. The lowest BCUT2D eigenvalue weighted by molar-refractivity contribution is -0.0364. The summed E-state index contributed by atoms with van der Waals surface area (Å²) in [5.74, 6) is 1.66. The Morgan fingerprint density at radius 1 is 1.03 bits per heavy atom. The van der Waals surface area contributed by atoms with Crippen molar-refractivity contribution in [3.8, 4) is 11.5 Å². The molecule has 1 aliphatic rings. The Bertz CT molecular complexity index is 1400. The van der Waals surface area contributed by atoms with Gasteiger partial charge in [-0.1, -0.05) is 18.2 Å². The van der Waals surface area contributed by atoms with Gasteiger partial charge < -0.3 is 9.84 Å². The van der Waals surface area contributed by atoms with Gasteiger partial charge in [-0.3, -0.25) is 18.9 Å². The van der Waals surface area contributed by atoms with E-state index in [0.717, 1.165) is 31.1 Å². The summed E-state index contributed by atoms with van der Waals surface area (Å²) < 4.78 is 9.08. The molecule has 0 bridgehead atoms. The molecular formula is C27H31N5O3. The highest BCUT2D eigenvalue weighted by atomic mass is 16.5. The maximum atomic E-state index is 12.8. The van der Waals surface area contributed by atoms with E-state index in [0.29, 0.717) is 23.9 Å². The Balaban J connectivity index is 1.17. The van der Waals surface area contributed by atoms with Crippen LogP contribution in [0.25, 0.3) is 11.0 Å². The summed E-state index contributed by atoms with van der Waals surface area (Å²) in [6.07, 6.45) is 4.24. The molecule has 2 aromatic heterocycles. The van der Waals surface area contributed by atoms with E-state index in [1.807, 2.05) is 18.2 Å². The van der Waals surface area contributed by atoms with E-state index in [1.54, 1.807) is 11.7 Å². The molecule has 3 heterocycles. The topological polar surface area (TPSA) is 85.4 Å². The lowest BCUT2D eigenvalue weighted by atomic mass is 9.91. The monoisotopic (exact) mass is 473 g/mol. The van der Waals surface area contributed by atoms with Crippen molar-refractivity contribution in [2.45, 2.75) is 45.4 Å². The van der Waals surface area contributed by atoms with Crippen molar-refractivity contribution in [3.63, 3.8) is 0 Å². The zero-order valence-corrected chi connectivity index (χ0v) is 20.4. The first-order chi connectivity index (χ1) is 16.8. The molecule has 5 rings (SSSR count). The second kappa shape index (κ2) is 9.28. The maximum Gasteiger partial charge on any atom is 0.264 e. The molecule has 4 aromatic rings. The molecule has 0 spiro atoms. The number of aliphatic hydroxyl groups is 1. The van der Waals surface area contributed by atoms with E-state index in [1.165, 1.54) is 33.8 Å². The van der Waals surface area contributed by atoms with E-state index < -0.39 is 5.60 Å². The molecule has 1 fully saturated rings. The van der Waals surface area contributed by atoms with E-state index >= 15 is 0 Å². The quantitative estimate of drug-likeness (QED) is 0.461. The minimum Gasteiger partial charge on any atom is -0.457 e. The van der Waals surface area contributed by atoms with E-state index in [-0.39, 0.29) is 12.1 Å². The van der Waals surface area contributed by atoms with Gasteiger partial charge >= 0.3 is 0 Å². The molecule has 182 valence electrons. The van der Waals surface area contributed by atoms with Crippen molar-refractivity contribution in [2.75, 3.05) is 13.1 Å². The van der Waals surface area contributed by atoms with Crippen LogP contribution in [0.15, 0.2) is 59.8 Å². The van der Waals surface area contributed by atoms with Crippen LogP contribution in [0.4, 0.5) is 0 Å². The van der Waals surface area contributed by atoms with Gasteiger partial charge in [-0.2, -0.15) is 5.10 Å². The third-order valence-electron chi connectivity index (χ3n) is 7.01. The van der Waals surface area contributed by atoms with Crippen molar-refractivity contribution in [1.29, 1.82) is 0 Å². The molecule has 0 amide bonds. The summed E-state index contributed by atoms with van der Waals surface area (Å²) in [6, 6.07) is 14.3. The van der Waals surface area contributed by atoms with Crippen molar-refractivity contribution in [1.82, 2.24) is 24.2 Å². The van der Waals surface area contributed by atoms with Gasteiger partial charge in [0.25, 0.3) is 5.56 Å². The lowest BCUT2D eigenvalue weighted by Gasteiger charge is -2.38. The molecule has 8 heteroatoms. The maximum absolute atomic E-state index is 12.8. The smallest absolute Gasteiger partial charge is 0.264 e. The predicted molar refractivity (Wildman–Crippen MR) is 135 cm³/mol. The molecule has 35 heavy (non-hydrogen) atoms. The number of benzene rings is 2. The zero-order chi connectivity index (χ0) is 24.6.